The third-order valence-corrected chi connectivity index (χ3v) is 2.57. The molecule has 2 nitrogen and oxygen atoms in total. The summed E-state index contributed by atoms with van der Waals surface area (Å²) in [5.74, 6) is 0.756. The lowest BCUT2D eigenvalue weighted by atomic mass is 10.2. The second kappa shape index (κ2) is 3.54. The minimum Gasteiger partial charge on any atom is -0.445 e. The van der Waals surface area contributed by atoms with Crippen LogP contribution in [0.25, 0.3) is 0 Å². The molecule has 5 heteroatoms. The molecular formula is C10H12F3NO. The Bertz CT molecular complexity index is 352. The Morgan fingerprint density at radius 3 is 2.53 bits per heavy atom. The number of nitrogens with zero attached hydrogens (tertiary/aromatic N) is 1. The number of hydrogen-bond donors (Lipinski definition) is 0. The number of alkyl halides is 3. The highest BCUT2D eigenvalue weighted by atomic mass is 19.4. The van der Waals surface area contributed by atoms with Gasteiger partial charge >= 0.3 is 6.18 Å². The highest BCUT2D eigenvalue weighted by molar-refractivity contribution is 5.12. The lowest BCUT2D eigenvalue weighted by molar-refractivity contribution is -0.141. The normalized spacial score (nSPS) is 17.1. The Kier molecular flexibility index (Phi) is 2.48. The predicted octanol–water partition coefficient (Wildman–Crippen LogP) is 3.34. The van der Waals surface area contributed by atoms with Crippen molar-refractivity contribution in [2.75, 3.05) is 0 Å². The maximum Gasteiger partial charge on any atom is 0.436 e. The molecule has 0 atom stereocenters. The van der Waals surface area contributed by atoms with Gasteiger partial charge in [-0.2, -0.15) is 13.2 Å². The van der Waals surface area contributed by atoms with Crippen molar-refractivity contribution in [3.8, 4) is 0 Å². The van der Waals surface area contributed by atoms with E-state index in [1.54, 1.807) is 0 Å². The van der Waals surface area contributed by atoms with E-state index < -0.39 is 11.9 Å². The molecule has 84 valence electrons. The van der Waals surface area contributed by atoms with Crippen LogP contribution in [0.15, 0.2) is 4.42 Å². The largest absolute Gasteiger partial charge is 0.445 e. The summed E-state index contributed by atoms with van der Waals surface area (Å²) in [6.07, 6.45) is -0.623. The Balaban J connectivity index is 2.06. The molecule has 1 aromatic heterocycles. The SMILES string of the molecule is Cc1oc(CCC2CC2)nc1C(F)(F)F. The maximum atomic E-state index is 12.4. The molecule has 0 aromatic carbocycles. The van der Waals surface area contributed by atoms with Crippen LogP contribution >= 0.6 is 0 Å². The molecule has 1 fully saturated rings. The first-order chi connectivity index (χ1) is 6.97. The van der Waals surface area contributed by atoms with Gasteiger partial charge in [-0.25, -0.2) is 4.98 Å². The van der Waals surface area contributed by atoms with Gasteiger partial charge in [0.25, 0.3) is 0 Å². The van der Waals surface area contributed by atoms with E-state index >= 15 is 0 Å². The van der Waals surface area contributed by atoms with Crippen LogP contribution < -0.4 is 0 Å². The van der Waals surface area contributed by atoms with Crippen molar-refractivity contribution in [1.29, 1.82) is 0 Å². The van der Waals surface area contributed by atoms with Crippen LogP contribution in [0.5, 0.6) is 0 Å². The lowest BCUT2D eigenvalue weighted by Crippen LogP contribution is -2.07. The van der Waals surface area contributed by atoms with Gasteiger partial charge in [0, 0.05) is 6.42 Å². The number of halogens is 3. The molecule has 1 aromatic rings. The molecule has 15 heavy (non-hydrogen) atoms. The van der Waals surface area contributed by atoms with E-state index in [9.17, 15) is 13.2 Å². The van der Waals surface area contributed by atoms with Crippen LogP contribution in [0.2, 0.25) is 0 Å². The third-order valence-electron chi connectivity index (χ3n) is 2.57. The number of oxazole rings is 1. The Morgan fingerprint density at radius 2 is 2.07 bits per heavy atom. The van der Waals surface area contributed by atoms with Gasteiger partial charge in [0.2, 0.25) is 0 Å². The molecule has 1 aliphatic rings. The van der Waals surface area contributed by atoms with E-state index in [2.05, 4.69) is 4.98 Å². The Morgan fingerprint density at radius 1 is 1.40 bits per heavy atom. The molecule has 0 amide bonds. The fourth-order valence-corrected chi connectivity index (χ4v) is 1.56. The minimum absolute atomic E-state index is 0.131. The number of aromatic nitrogens is 1. The maximum absolute atomic E-state index is 12.4. The average Bonchev–Trinajstić information content (AvgIpc) is 2.85. The molecule has 0 aliphatic heterocycles. The quantitative estimate of drug-likeness (QED) is 0.779. The van der Waals surface area contributed by atoms with Crippen LogP contribution in [0, 0.1) is 12.8 Å². The van der Waals surface area contributed by atoms with Crippen molar-refractivity contribution in [3.05, 3.63) is 17.3 Å². The molecule has 0 unspecified atom stereocenters. The summed E-state index contributed by atoms with van der Waals surface area (Å²) in [6, 6.07) is 0. The summed E-state index contributed by atoms with van der Waals surface area (Å²) in [7, 11) is 0. The highest BCUT2D eigenvalue weighted by Crippen LogP contribution is 2.35. The van der Waals surface area contributed by atoms with Crippen LogP contribution in [-0.4, -0.2) is 4.98 Å². The zero-order chi connectivity index (χ0) is 11.1. The molecule has 1 aliphatic carbocycles. The van der Waals surface area contributed by atoms with E-state index in [0.717, 1.165) is 6.42 Å². The minimum atomic E-state index is -4.40. The lowest BCUT2D eigenvalue weighted by Gasteiger charge is -2.00. The van der Waals surface area contributed by atoms with Gasteiger partial charge in [0.15, 0.2) is 11.6 Å². The Labute approximate surface area is 85.5 Å². The van der Waals surface area contributed by atoms with Crippen molar-refractivity contribution in [1.82, 2.24) is 4.98 Å². The van der Waals surface area contributed by atoms with Crippen LogP contribution in [-0.2, 0) is 12.6 Å². The van der Waals surface area contributed by atoms with Gasteiger partial charge < -0.3 is 4.42 Å². The molecule has 1 heterocycles. The first-order valence-electron chi connectivity index (χ1n) is 5.00. The molecule has 0 radical (unpaired) electrons. The summed E-state index contributed by atoms with van der Waals surface area (Å²) >= 11 is 0. The third kappa shape index (κ3) is 2.52. The van der Waals surface area contributed by atoms with Crippen molar-refractivity contribution >= 4 is 0 Å². The Hall–Kier alpha value is -1.00. The van der Waals surface area contributed by atoms with E-state index in [1.807, 2.05) is 0 Å². The fraction of sp³-hybridized carbons (Fsp3) is 0.700. The molecule has 0 spiro atoms. The van der Waals surface area contributed by atoms with Crippen LogP contribution in [0.3, 0.4) is 0 Å². The van der Waals surface area contributed by atoms with Crippen molar-refractivity contribution in [2.45, 2.75) is 38.8 Å². The van der Waals surface area contributed by atoms with Crippen LogP contribution in [0.4, 0.5) is 13.2 Å². The zero-order valence-electron chi connectivity index (χ0n) is 8.40. The second-order valence-corrected chi connectivity index (χ2v) is 3.99. The summed E-state index contributed by atoms with van der Waals surface area (Å²) in [5, 5.41) is 0. The van der Waals surface area contributed by atoms with Gasteiger partial charge in [-0.15, -0.1) is 0 Å². The van der Waals surface area contributed by atoms with Gasteiger partial charge in [-0.3, -0.25) is 0 Å². The van der Waals surface area contributed by atoms with E-state index in [-0.39, 0.29) is 11.7 Å². The number of hydrogen-bond acceptors (Lipinski definition) is 2. The summed E-state index contributed by atoms with van der Waals surface area (Å²) in [6.45, 7) is 1.30. The van der Waals surface area contributed by atoms with Crippen molar-refractivity contribution < 1.29 is 17.6 Å². The topological polar surface area (TPSA) is 26.0 Å². The summed E-state index contributed by atoms with van der Waals surface area (Å²) < 4.78 is 42.0. The van der Waals surface area contributed by atoms with E-state index in [4.69, 9.17) is 4.42 Å². The fourth-order valence-electron chi connectivity index (χ4n) is 1.56. The van der Waals surface area contributed by atoms with E-state index in [1.165, 1.54) is 19.8 Å². The number of rotatable bonds is 3. The summed E-state index contributed by atoms with van der Waals surface area (Å²) in [5.41, 5.74) is -0.881. The standard InChI is InChI=1S/C10H12F3NO/c1-6-9(10(11,12)13)14-8(15-6)5-4-7-2-3-7/h7H,2-5H2,1H3. The smallest absolute Gasteiger partial charge is 0.436 e. The second-order valence-electron chi connectivity index (χ2n) is 3.99. The highest BCUT2D eigenvalue weighted by Gasteiger charge is 2.37. The van der Waals surface area contributed by atoms with Gasteiger partial charge in [0.05, 0.1) is 0 Å². The molecule has 0 N–H and O–H groups in total. The molecule has 1 saturated carbocycles. The molecular weight excluding hydrogens is 207 g/mol. The zero-order valence-corrected chi connectivity index (χ0v) is 8.40. The van der Waals surface area contributed by atoms with Crippen molar-refractivity contribution in [3.63, 3.8) is 0 Å². The molecule has 0 saturated heterocycles. The molecule has 0 bridgehead atoms. The van der Waals surface area contributed by atoms with Gasteiger partial charge in [0.1, 0.15) is 5.76 Å². The monoisotopic (exact) mass is 219 g/mol. The van der Waals surface area contributed by atoms with Gasteiger partial charge in [-0.05, 0) is 19.3 Å². The summed E-state index contributed by atoms with van der Waals surface area (Å²) in [4.78, 5) is 3.49. The van der Waals surface area contributed by atoms with Gasteiger partial charge in [-0.1, -0.05) is 12.8 Å². The van der Waals surface area contributed by atoms with Crippen LogP contribution in [0.1, 0.15) is 36.6 Å². The predicted molar refractivity (Wildman–Crippen MR) is 47.3 cm³/mol. The molecule has 2 rings (SSSR count). The number of aryl methyl sites for hydroxylation is 2. The first-order valence-corrected chi connectivity index (χ1v) is 5.00. The average molecular weight is 219 g/mol. The van der Waals surface area contributed by atoms with E-state index in [0.29, 0.717) is 12.3 Å². The first kappa shape index (κ1) is 10.5. The van der Waals surface area contributed by atoms with Crippen molar-refractivity contribution in [2.24, 2.45) is 5.92 Å².